The third-order valence-electron chi connectivity index (χ3n) is 6.23. The predicted molar refractivity (Wildman–Crippen MR) is 143 cm³/mol. The van der Waals surface area contributed by atoms with Crippen LogP contribution in [0.3, 0.4) is 0 Å². The van der Waals surface area contributed by atoms with Gasteiger partial charge in [-0.05, 0) is 37.6 Å². The Morgan fingerprint density at radius 3 is 2.56 bits per heavy atom. The van der Waals surface area contributed by atoms with Crippen molar-refractivity contribution in [2.24, 2.45) is 0 Å². The van der Waals surface area contributed by atoms with Crippen LogP contribution in [0, 0.1) is 0 Å². The van der Waals surface area contributed by atoms with E-state index in [2.05, 4.69) is 36.3 Å². The summed E-state index contributed by atoms with van der Waals surface area (Å²) in [5, 5.41) is 19.3. The van der Waals surface area contributed by atoms with Crippen LogP contribution in [-0.4, -0.2) is 51.3 Å². The van der Waals surface area contributed by atoms with Gasteiger partial charge in [0.15, 0.2) is 9.84 Å². The maximum Gasteiger partial charge on any atom is 0.251 e. The van der Waals surface area contributed by atoms with Crippen LogP contribution in [0.5, 0.6) is 0 Å². The van der Waals surface area contributed by atoms with E-state index in [1.165, 1.54) is 11.3 Å². The number of nitrogens with one attached hydrogen (secondary N) is 1. The number of sulfone groups is 1. The molecule has 1 aliphatic rings. The number of aromatic nitrogens is 4. The Balaban J connectivity index is 1.62. The first kappa shape index (κ1) is 24.9. The van der Waals surface area contributed by atoms with Crippen LogP contribution in [0.4, 0.5) is 0 Å². The first-order chi connectivity index (χ1) is 16.9. The summed E-state index contributed by atoms with van der Waals surface area (Å²) >= 11 is 7.94. The second-order valence-corrected chi connectivity index (χ2v) is 14.0. The fourth-order valence-corrected chi connectivity index (χ4v) is 7.50. The summed E-state index contributed by atoms with van der Waals surface area (Å²) in [6.07, 6.45) is 0.387. The number of fused-ring (bicyclic) bond motifs is 1. The molecule has 36 heavy (non-hydrogen) atoms. The molecule has 4 aromatic rings. The Kier molecular flexibility index (Phi) is 5.96. The third-order valence-corrected chi connectivity index (χ3v) is 9.79. The molecule has 1 atom stereocenters. The first-order valence-electron chi connectivity index (χ1n) is 11.5. The van der Waals surface area contributed by atoms with Crippen molar-refractivity contribution in [2.75, 3.05) is 11.5 Å². The van der Waals surface area contributed by atoms with Crippen molar-refractivity contribution >= 4 is 49.6 Å². The molecule has 1 saturated heterocycles. The summed E-state index contributed by atoms with van der Waals surface area (Å²) in [6.45, 7) is 7.97. The average molecular weight is 544 g/mol. The summed E-state index contributed by atoms with van der Waals surface area (Å²) in [5.74, 6) is -0.330. The van der Waals surface area contributed by atoms with Crippen LogP contribution in [0.1, 0.15) is 49.5 Å². The minimum atomic E-state index is -3.16. The topological polar surface area (TPSA) is 107 Å². The second kappa shape index (κ2) is 8.64. The molecule has 11 heteroatoms. The maximum absolute atomic E-state index is 13.2. The number of hydrogen-bond donors (Lipinski definition) is 1. The summed E-state index contributed by atoms with van der Waals surface area (Å²) < 4.78 is 25.7. The van der Waals surface area contributed by atoms with Gasteiger partial charge in [0.1, 0.15) is 10.7 Å². The number of carbonyl (C=O) groups is 1. The quantitative estimate of drug-likeness (QED) is 0.396. The molecule has 8 nitrogen and oxygen atoms in total. The van der Waals surface area contributed by atoms with E-state index in [9.17, 15) is 13.2 Å². The number of carbonyl (C=O) groups excluding carboxylic acids is 1. The minimum absolute atomic E-state index is 0.0665. The molecule has 1 aliphatic heterocycles. The molecule has 0 saturated carbocycles. The van der Waals surface area contributed by atoms with Crippen molar-refractivity contribution in [2.45, 2.75) is 45.1 Å². The Bertz CT molecular complexity index is 1600. The lowest BCUT2D eigenvalue weighted by molar-refractivity contribution is 0.0915. The highest BCUT2D eigenvalue weighted by Gasteiger charge is 2.39. The molecule has 1 amide bonds. The van der Waals surface area contributed by atoms with E-state index in [4.69, 9.17) is 16.7 Å². The Labute approximate surface area is 218 Å². The summed E-state index contributed by atoms with van der Waals surface area (Å²) in [5.41, 5.74) is 1.55. The molecule has 0 radical (unpaired) electrons. The summed E-state index contributed by atoms with van der Waals surface area (Å²) in [7, 11) is -3.16. The van der Waals surface area contributed by atoms with E-state index < -0.39 is 15.4 Å². The fraction of sp³-hybridized carbons (Fsp3) is 0.360. The van der Waals surface area contributed by atoms with Crippen LogP contribution in [0.25, 0.3) is 27.3 Å². The molecule has 188 valence electrons. The van der Waals surface area contributed by atoms with Gasteiger partial charge in [0, 0.05) is 21.9 Å². The van der Waals surface area contributed by atoms with Crippen molar-refractivity contribution < 1.29 is 13.2 Å². The van der Waals surface area contributed by atoms with Crippen molar-refractivity contribution in [3.63, 3.8) is 0 Å². The smallest absolute Gasteiger partial charge is 0.251 e. The van der Waals surface area contributed by atoms with E-state index in [0.717, 1.165) is 16.0 Å². The highest BCUT2D eigenvalue weighted by Crippen LogP contribution is 2.36. The van der Waals surface area contributed by atoms with Gasteiger partial charge >= 0.3 is 0 Å². The summed E-state index contributed by atoms with van der Waals surface area (Å²) in [6, 6.07) is 12.8. The van der Waals surface area contributed by atoms with Crippen LogP contribution in [-0.2, 0) is 15.3 Å². The lowest BCUT2D eigenvalue weighted by Crippen LogP contribution is -2.46. The molecule has 1 unspecified atom stereocenters. The summed E-state index contributed by atoms with van der Waals surface area (Å²) in [4.78, 5) is 13.2. The van der Waals surface area contributed by atoms with Gasteiger partial charge in [0.25, 0.3) is 5.91 Å². The van der Waals surface area contributed by atoms with E-state index in [-0.39, 0.29) is 22.8 Å². The molecular formula is C25H26ClN5O3S2. The number of amides is 1. The molecule has 0 spiro atoms. The zero-order valence-corrected chi connectivity index (χ0v) is 22.8. The van der Waals surface area contributed by atoms with E-state index in [1.54, 1.807) is 23.7 Å². The van der Waals surface area contributed by atoms with Gasteiger partial charge in [-0.1, -0.05) is 61.9 Å². The Morgan fingerprint density at radius 1 is 1.17 bits per heavy atom. The first-order valence-corrected chi connectivity index (χ1v) is 14.5. The van der Waals surface area contributed by atoms with Crippen molar-refractivity contribution in [1.82, 2.24) is 25.3 Å². The molecule has 3 heterocycles. The second-order valence-electron chi connectivity index (χ2n) is 10.5. The lowest BCUT2D eigenvalue weighted by atomic mass is 9.98. The Morgan fingerprint density at radius 2 is 1.92 bits per heavy atom. The van der Waals surface area contributed by atoms with Crippen molar-refractivity contribution in [1.29, 1.82) is 0 Å². The van der Waals surface area contributed by atoms with E-state index >= 15 is 0 Å². The van der Waals surface area contributed by atoms with E-state index in [0.29, 0.717) is 33.3 Å². The molecule has 0 aliphatic carbocycles. The lowest BCUT2D eigenvalue weighted by Gasteiger charge is -2.23. The van der Waals surface area contributed by atoms with E-state index in [1.807, 2.05) is 30.3 Å². The highest BCUT2D eigenvalue weighted by atomic mass is 35.5. The van der Waals surface area contributed by atoms with Crippen molar-refractivity contribution in [3.05, 3.63) is 58.1 Å². The minimum Gasteiger partial charge on any atom is -0.346 e. The number of hydrogen-bond acceptors (Lipinski definition) is 7. The molecule has 2 aromatic heterocycles. The number of rotatable bonds is 4. The Hall–Kier alpha value is -2.82. The monoisotopic (exact) mass is 543 g/mol. The SMILES string of the molecule is CC1(NC(=O)c2ccc3c(-c4ccccc4Cl)nn(-c4nnc(C(C)(C)C)s4)c3c2)CCS(=O)(=O)C1. The highest BCUT2D eigenvalue weighted by molar-refractivity contribution is 7.91. The van der Waals surface area contributed by atoms with Gasteiger partial charge in [-0.2, -0.15) is 5.10 Å². The molecule has 0 bridgehead atoms. The molecule has 5 rings (SSSR count). The normalized spacial score (nSPS) is 19.6. The predicted octanol–water partition coefficient (Wildman–Crippen LogP) is 4.80. The third kappa shape index (κ3) is 4.65. The standard InChI is InChI=1S/C25H26ClN5O3S2/c1-24(2,3)22-28-29-23(35-22)31-19-13-15(21(32)27-25(4)11-12-36(33,34)14-25)9-10-17(19)20(30-31)16-7-5-6-8-18(16)26/h5-10,13H,11-12,14H2,1-4H3,(H,27,32). The van der Waals surface area contributed by atoms with Crippen molar-refractivity contribution in [3.8, 4) is 16.4 Å². The van der Waals surface area contributed by atoms with Gasteiger partial charge < -0.3 is 5.32 Å². The number of nitrogens with zero attached hydrogens (tertiary/aromatic N) is 4. The van der Waals surface area contributed by atoms with Gasteiger partial charge in [0.05, 0.1) is 27.6 Å². The van der Waals surface area contributed by atoms with Gasteiger partial charge in [-0.15, -0.1) is 10.2 Å². The van der Waals surface area contributed by atoms with Crippen LogP contribution in [0.15, 0.2) is 42.5 Å². The van der Waals surface area contributed by atoms with Crippen LogP contribution < -0.4 is 5.32 Å². The van der Waals surface area contributed by atoms with Gasteiger partial charge in [0.2, 0.25) is 5.13 Å². The van der Waals surface area contributed by atoms with Crippen LogP contribution in [0.2, 0.25) is 5.02 Å². The zero-order valence-electron chi connectivity index (χ0n) is 20.4. The van der Waals surface area contributed by atoms with Gasteiger partial charge in [-0.3, -0.25) is 4.79 Å². The molecular weight excluding hydrogens is 518 g/mol. The van der Waals surface area contributed by atoms with Crippen LogP contribution >= 0.6 is 22.9 Å². The largest absolute Gasteiger partial charge is 0.346 e. The zero-order chi connectivity index (χ0) is 25.9. The molecule has 1 fully saturated rings. The maximum atomic E-state index is 13.2. The number of benzene rings is 2. The average Bonchev–Trinajstić information content (AvgIpc) is 3.49. The number of halogens is 1. The van der Waals surface area contributed by atoms with Gasteiger partial charge in [-0.25, -0.2) is 13.1 Å². The molecule has 2 aromatic carbocycles. The molecule has 1 N–H and O–H groups in total. The fourth-order valence-electron chi connectivity index (χ4n) is 4.31.